The number of aromatic carboxylic acids is 1. The zero-order valence-corrected chi connectivity index (χ0v) is 10.4. The second kappa shape index (κ2) is 6.79. The van der Waals surface area contributed by atoms with Crippen LogP contribution in [0.3, 0.4) is 0 Å². The predicted molar refractivity (Wildman–Crippen MR) is 67.8 cm³/mol. The van der Waals surface area contributed by atoms with Crippen molar-refractivity contribution < 1.29 is 24.9 Å². The van der Waals surface area contributed by atoms with Crippen LogP contribution in [0.25, 0.3) is 0 Å². The number of esters is 1. The van der Waals surface area contributed by atoms with Gasteiger partial charge < -0.3 is 9.84 Å². The molecule has 0 bridgehead atoms. The summed E-state index contributed by atoms with van der Waals surface area (Å²) in [5, 5.41) is 9.13. The Kier molecular flexibility index (Phi) is 3.45. The van der Waals surface area contributed by atoms with Gasteiger partial charge in [0, 0.05) is 0 Å². The summed E-state index contributed by atoms with van der Waals surface area (Å²) in [4.78, 5) is 23.3. The van der Waals surface area contributed by atoms with Gasteiger partial charge in [-0.15, -0.1) is 0 Å². The number of carbonyl (C=O) groups excluding carboxylic acids is 1. The van der Waals surface area contributed by atoms with Gasteiger partial charge in [-0.1, -0.05) is 32.4 Å². The Morgan fingerprint density at radius 3 is 2.56 bits per heavy atom. The standard InChI is InChI=1S/C14H18O4/c1-3-10(2)8-9-18-14(17)12-7-5-4-6-11(12)13(15)16/h4-7,10H,3,8-9H2,1-2H3,(H,15,16)/i4D,5D,6D,7D. The smallest absolute Gasteiger partial charge is 0.339 e. The van der Waals surface area contributed by atoms with E-state index in [1.165, 1.54) is 0 Å². The first kappa shape index (κ1) is 9.14. The molecule has 0 radical (unpaired) electrons. The monoisotopic (exact) mass is 254 g/mol. The molecular weight excluding hydrogens is 232 g/mol. The molecule has 4 heteroatoms. The van der Waals surface area contributed by atoms with Crippen LogP contribution >= 0.6 is 0 Å². The summed E-state index contributed by atoms with van der Waals surface area (Å²) in [6.07, 6.45) is 1.50. The Labute approximate surface area is 112 Å². The topological polar surface area (TPSA) is 63.6 Å². The highest BCUT2D eigenvalue weighted by molar-refractivity contribution is 6.02. The van der Waals surface area contributed by atoms with Crippen LogP contribution in [0.1, 0.15) is 52.9 Å². The van der Waals surface area contributed by atoms with Crippen molar-refractivity contribution in [2.75, 3.05) is 6.61 Å². The molecule has 1 unspecified atom stereocenters. The molecule has 1 atom stereocenters. The van der Waals surface area contributed by atoms with Gasteiger partial charge in [0.2, 0.25) is 0 Å². The molecule has 98 valence electrons. The average molecular weight is 254 g/mol. The van der Waals surface area contributed by atoms with Crippen molar-refractivity contribution in [2.24, 2.45) is 5.92 Å². The lowest BCUT2D eigenvalue weighted by molar-refractivity contribution is 0.0475. The summed E-state index contributed by atoms with van der Waals surface area (Å²) in [7, 11) is 0. The van der Waals surface area contributed by atoms with Gasteiger partial charge in [0.25, 0.3) is 0 Å². The van der Waals surface area contributed by atoms with E-state index in [4.69, 9.17) is 15.3 Å². The fourth-order valence-corrected chi connectivity index (χ4v) is 1.26. The van der Waals surface area contributed by atoms with Gasteiger partial charge >= 0.3 is 11.9 Å². The Balaban J connectivity index is 3.17. The summed E-state index contributed by atoms with van der Waals surface area (Å²) in [5.74, 6) is -2.31. The predicted octanol–water partition coefficient (Wildman–Crippen LogP) is 2.98. The van der Waals surface area contributed by atoms with Gasteiger partial charge in [0.15, 0.2) is 0 Å². The van der Waals surface area contributed by atoms with Gasteiger partial charge in [-0.3, -0.25) is 0 Å². The first-order chi connectivity index (χ1) is 10.2. The largest absolute Gasteiger partial charge is 0.478 e. The molecule has 18 heavy (non-hydrogen) atoms. The lowest BCUT2D eigenvalue weighted by Gasteiger charge is -2.10. The van der Waals surface area contributed by atoms with Crippen LogP contribution < -0.4 is 0 Å². The molecular formula is C14H18O4. The van der Waals surface area contributed by atoms with Gasteiger partial charge in [-0.05, 0) is 24.4 Å². The van der Waals surface area contributed by atoms with Crippen molar-refractivity contribution in [1.82, 2.24) is 0 Å². The maximum Gasteiger partial charge on any atom is 0.339 e. The van der Waals surface area contributed by atoms with Gasteiger partial charge in [-0.2, -0.15) is 0 Å². The van der Waals surface area contributed by atoms with Crippen LogP contribution in [0.5, 0.6) is 0 Å². The fraction of sp³-hybridized carbons (Fsp3) is 0.429. The molecule has 1 rings (SSSR count). The van der Waals surface area contributed by atoms with Crippen LogP contribution in [0.2, 0.25) is 0 Å². The summed E-state index contributed by atoms with van der Waals surface area (Å²) in [5.41, 5.74) is -1.40. The summed E-state index contributed by atoms with van der Waals surface area (Å²) < 4.78 is 35.3. The molecule has 0 aromatic heterocycles. The normalized spacial score (nSPS) is 15.0. The van der Waals surface area contributed by atoms with E-state index in [0.717, 1.165) is 6.42 Å². The lowest BCUT2D eigenvalue weighted by atomic mass is 10.1. The fourth-order valence-electron chi connectivity index (χ4n) is 1.26. The first-order valence-corrected chi connectivity index (χ1v) is 5.73. The van der Waals surface area contributed by atoms with Crippen molar-refractivity contribution in [3.8, 4) is 0 Å². The van der Waals surface area contributed by atoms with Gasteiger partial charge in [0.1, 0.15) is 0 Å². The summed E-state index contributed by atoms with van der Waals surface area (Å²) in [6, 6.07) is -2.82. The Morgan fingerprint density at radius 2 is 2.00 bits per heavy atom. The van der Waals surface area contributed by atoms with E-state index in [2.05, 4.69) is 0 Å². The van der Waals surface area contributed by atoms with E-state index in [1.807, 2.05) is 13.8 Å². The third-order valence-electron chi connectivity index (χ3n) is 2.65. The van der Waals surface area contributed by atoms with E-state index in [-0.39, 0.29) is 6.61 Å². The molecule has 0 saturated carbocycles. The van der Waals surface area contributed by atoms with Crippen molar-refractivity contribution in [3.63, 3.8) is 0 Å². The molecule has 1 aromatic carbocycles. The van der Waals surface area contributed by atoms with Gasteiger partial charge in [-0.25, -0.2) is 9.59 Å². The number of carboxylic acids is 1. The van der Waals surface area contributed by atoms with Crippen molar-refractivity contribution in [3.05, 3.63) is 35.3 Å². The first-order valence-electron chi connectivity index (χ1n) is 7.73. The molecule has 4 nitrogen and oxygen atoms in total. The third-order valence-corrected chi connectivity index (χ3v) is 2.65. The summed E-state index contributed by atoms with van der Waals surface area (Å²) in [6.45, 7) is 4.03. The van der Waals surface area contributed by atoms with E-state index in [9.17, 15) is 9.59 Å². The van der Waals surface area contributed by atoms with E-state index in [1.54, 1.807) is 0 Å². The van der Waals surface area contributed by atoms with E-state index < -0.39 is 47.2 Å². The number of ether oxygens (including phenoxy) is 1. The van der Waals surface area contributed by atoms with Crippen molar-refractivity contribution in [1.29, 1.82) is 0 Å². The van der Waals surface area contributed by atoms with Crippen LogP contribution in [0.4, 0.5) is 0 Å². The number of carboxylic acid groups (broad SMARTS) is 1. The van der Waals surface area contributed by atoms with E-state index >= 15 is 0 Å². The lowest BCUT2D eigenvalue weighted by Crippen LogP contribution is -2.13. The molecule has 0 aliphatic heterocycles. The molecule has 0 fully saturated rings. The molecule has 0 amide bonds. The van der Waals surface area contributed by atoms with Gasteiger partial charge in [0.05, 0.1) is 23.2 Å². The number of carbonyl (C=O) groups is 2. The molecule has 1 N–H and O–H groups in total. The van der Waals surface area contributed by atoms with Crippen LogP contribution in [-0.4, -0.2) is 23.7 Å². The van der Waals surface area contributed by atoms with Crippen molar-refractivity contribution in [2.45, 2.75) is 26.7 Å². The molecule has 0 aliphatic rings. The zero-order chi connectivity index (χ0) is 17.0. The highest BCUT2D eigenvalue weighted by Crippen LogP contribution is 2.12. The SMILES string of the molecule is [2H]c1c([2H])c([2H])c(C(=O)OCCC(C)CC)c(C(=O)O)c1[2H]. The van der Waals surface area contributed by atoms with Crippen LogP contribution in [0, 0.1) is 5.92 Å². The van der Waals surface area contributed by atoms with Crippen molar-refractivity contribution >= 4 is 11.9 Å². The van der Waals surface area contributed by atoms with Crippen LogP contribution in [-0.2, 0) is 4.74 Å². The minimum absolute atomic E-state index is 0.0651. The second-order valence-corrected chi connectivity index (χ2v) is 3.99. The summed E-state index contributed by atoms with van der Waals surface area (Å²) >= 11 is 0. The number of hydrogen-bond donors (Lipinski definition) is 1. The number of rotatable bonds is 6. The third kappa shape index (κ3) is 3.87. The minimum atomic E-state index is -1.60. The Morgan fingerprint density at radius 1 is 1.39 bits per heavy atom. The number of hydrogen-bond acceptors (Lipinski definition) is 3. The highest BCUT2D eigenvalue weighted by Gasteiger charge is 2.16. The molecule has 0 saturated heterocycles. The molecule has 0 spiro atoms. The van der Waals surface area contributed by atoms with E-state index in [0.29, 0.717) is 12.3 Å². The zero-order valence-electron chi connectivity index (χ0n) is 14.4. The second-order valence-electron chi connectivity index (χ2n) is 3.99. The Hall–Kier alpha value is -1.84. The quantitative estimate of drug-likeness (QED) is 0.793. The maximum absolute atomic E-state index is 12.0. The molecule has 0 aliphatic carbocycles. The molecule has 1 aromatic rings. The minimum Gasteiger partial charge on any atom is -0.478 e. The Bertz CT molecular complexity index is 601. The highest BCUT2D eigenvalue weighted by atomic mass is 16.5. The average Bonchev–Trinajstić information content (AvgIpc) is 2.47. The maximum atomic E-state index is 12.0. The van der Waals surface area contributed by atoms with Crippen LogP contribution in [0.15, 0.2) is 24.2 Å². The molecule has 0 heterocycles. The number of benzene rings is 1.